The van der Waals surface area contributed by atoms with Crippen molar-refractivity contribution in [3.63, 3.8) is 0 Å². The average Bonchev–Trinajstić information content (AvgIpc) is 2.67. The van der Waals surface area contributed by atoms with Crippen molar-refractivity contribution in [2.75, 3.05) is 12.7 Å². The summed E-state index contributed by atoms with van der Waals surface area (Å²) >= 11 is 6.32. The third-order valence-electron chi connectivity index (χ3n) is 4.84. The molecular weight excluding hydrogens is 412 g/mol. The maximum absolute atomic E-state index is 14.3. The van der Waals surface area contributed by atoms with Crippen molar-refractivity contribution in [3.8, 4) is 0 Å². The maximum atomic E-state index is 14.3. The second kappa shape index (κ2) is 12.5. The van der Waals surface area contributed by atoms with Gasteiger partial charge in [-0.25, -0.2) is 4.39 Å². The van der Waals surface area contributed by atoms with Gasteiger partial charge in [0.1, 0.15) is 5.82 Å². The quantitative estimate of drug-likeness (QED) is 0.284. The Labute approximate surface area is 177 Å². The van der Waals surface area contributed by atoms with Crippen LogP contribution in [0.2, 0.25) is 5.02 Å². The summed E-state index contributed by atoms with van der Waals surface area (Å²) < 4.78 is 25.1. The monoisotopic (exact) mass is 441 g/mol. The third-order valence-corrected chi connectivity index (χ3v) is 6.09. The van der Waals surface area contributed by atoms with E-state index in [9.17, 15) is 8.96 Å². The molecule has 0 saturated carbocycles. The van der Waals surface area contributed by atoms with E-state index in [1.54, 1.807) is 6.07 Å². The number of aryl methyl sites for hydroxylation is 2. The summed E-state index contributed by atoms with van der Waals surface area (Å²) in [5.74, 6) is -0.295. The number of rotatable bonds is 13. The van der Waals surface area contributed by atoms with Crippen LogP contribution in [0.1, 0.15) is 48.8 Å². The van der Waals surface area contributed by atoms with E-state index < -0.39 is 7.60 Å². The van der Waals surface area contributed by atoms with Crippen molar-refractivity contribution in [2.24, 2.45) is 0 Å². The van der Waals surface area contributed by atoms with Gasteiger partial charge in [-0.05, 0) is 61.9 Å². The van der Waals surface area contributed by atoms with Crippen molar-refractivity contribution in [1.82, 2.24) is 5.32 Å². The first kappa shape index (κ1) is 24.0. The van der Waals surface area contributed by atoms with Gasteiger partial charge >= 0.3 is 7.60 Å². The molecule has 2 aromatic carbocycles. The predicted molar refractivity (Wildman–Crippen MR) is 117 cm³/mol. The highest BCUT2D eigenvalue weighted by Gasteiger charge is 2.12. The van der Waals surface area contributed by atoms with Gasteiger partial charge in [0.25, 0.3) is 0 Å². The van der Waals surface area contributed by atoms with Crippen LogP contribution in [0.15, 0.2) is 42.5 Å². The second-order valence-corrected chi connectivity index (χ2v) is 9.54. The molecule has 4 nitrogen and oxygen atoms in total. The molecule has 0 atom stereocenters. The van der Waals surface area contributed by atoms with Gasteiger partial charge in [0.2, 0.25) is 0 Å². The first-order valence-electron chi connectivity index (χ1n) is 10.1. The van der Waals surface area contributed by atoms with Crippen LogP contribution in [0.3, 0.4) is 0 Å². The van der Waals surface area contributed by atoms with Crippen LogP contribution < -0.4 is 5.32 Å². The van der Waals surface area contributed by atoms with E-state index >= 15 is 0 Å². The molecule has 0 amide bonds. The van der Waals surface area contributed by atoms with Crippen LogP contribution >= 0.6 is 19.2 Å². The van der Waals surface area contributed by atoms with Crippen molar-refractivity contribution < 1.29 is 18.7 Å². The minimum absolute atomic E-state index is 0.173. The van der Waals surface area contributed by atoms with Gasteiger partial charge in [-0.2, -0.15) is 0 Å². The molecule has 2 rings (SSSR count). The molecule has 0 unspecified atom stereocenters. The number of hydrogen-bond donors (Lipinski definition) is 3. The van der Waals surface area contributed by atoms with Gasteiger partial charge < -0.3 is 15.1 Å². The lowest BCUT2D eigenvalue weighted by Crippen LogP contribution is -2.17. The Morgan fingerprint density at radius 3 is 2.31 bits per heavy atom. The third kappa shape index (κ3) is 9.88. The lowest BCUT2D eigenvalue weighted by molar-refractivity contribution is 0.371. The van der Waals surface area contributed by atoms with Crippen LogP contribution in [0, 0.1) is 5.82 Å². The molecule has 29 heavy (non-hydrogen) atoms. The van der Waals surface area contributed by atoms with Crippen molar-refractivity contribution in [3.05, 3.63) is 70.0 Å². The van der Waals surface area contributed by atoms with E-state index in [0.29, 0.717) is 23.6 Å². The predicted octanol–water partition coefficient (Wildman–Crippen LogP) is 5.48. The van der Waals surface area contributed by atoms with E-state index in [0.717, 1.165) is 44.1 Å². The zero-order chi connectivity index (χ0) is 21.1. The summed E-state index contributed by atoms with van der Waals surface area (Å²) in [7, 11) is -3.97. The Balaban J connectivity index is 1.68. The molecule has 0 spiro atoms. The molecule has 0 bridgehead atoms. The summed E-state index contributed by atoms with van der Waals surface area (Å²) in [4.78, 5) is 17.6. The van der Waals surface area contributed by atoms with Crippen LogP contribution in [0.4, 0.5) is 4.39 Å². The fourth-order valence-corrected chi connectivity index (χ4v) is 4.08. The Kier molecular flexibility index (Phi) is 10.3. The number of unbranched alkanes of at least 4 members (excludes halogenated alkanes) is 3. The molecule has 0 aliphatic carbocycles. The number of nitrogens with one attached hydrogen (secondary N) is 1. The van der Waals surface area contributed by atoms with Gasteiger partial charge in [-0.3, -0.25) is 4.57 Å². The van der Waals surface area contributed by atoms with Crippen LogP contribution in [-0.4, -0.2) is 22.5 Å². The second-order valence-electron chi connectivity index (χ2n) is 7.35. The standard InChI is InChI=1S/C22H30ClFNO3P/c23-21-15-20(17-25-13-8-14-29(26,27)28)22(24)16-19(21)12-7-2-1-4-9-18-10-5-3-6-11-18/h3,5-6,10-11,15-16,25H,1-2,4,7-9,12-14,17H2,(H2,26,27,28). The first-order chi connectivity index (χ1) is 13.8. The molecular formula is C22H30ClFNO3P. The van der Waals surface area contributed by atoms with Crippen molar-refractivity contribution >= 4 is 19.2 Å². The summed E-state index contributed by atoms with van der Waals surface area (Å²) in [6, 6.07) is 13.6. The molecule has 160 valence electrons. The van der Waals surface area contributed by atoms with E-state index in [4.69, 9.17) is 21.4 Å². The summed E-state index contributed by atoms with van der Waals surface area (Å²) in [6.45, 7) is 0.694. The lowest BCUT2D eigenvalue weighted by Gasteiger charge is -2.11. The molecule has 0 aliphatic rings. The van der Waals surface area contributed by atoms with Crippen molar-refractivity contribution in [2.45, 2.75) is 51.5 Å². The zero-order valence-corrected chi connectivity index (χ0v) is 18.3. The Morgan fingerprint density at radius 2 is 1.62 bits per heavy atom. The summed E-state index contributed by atoms with van der Waals surface area (Å²) in [6.07, 6.45) is 6.38. The highest BCUT2D eigenvalue weighted by atomic mass is 35.5. The Morgan fingerprint density at radius 1 is 0.931 bits per heavy atom. The fourth-order valence-electron chi connectivity index (χ4n) is 3.23. The highest BCUT2D eigenvalue weighted by molar-refractivity contribution is 7.51. The van der Waals surface area contributed by atoms with Crippen LogP contribution in [-0.2, 0) is 24.0 Å². The van der Waals surface area contributed by atoms with Gasteiger partial charge in [0, 0.05) is 17.1 Å². The van der Waals surface area contributed by atoms with Crippen molar-refractivity contribution in [1.29, 1.82) is 0 Å². The van der Waals surface area contributed by atoms with Gasteiger partial charge in [-0.15, -0.1) is 0 Å². The van der Waals surface area contributed by atoms with E-state index in [-0.39, 0.29) is 18.5 Å². The summed E-state index contributed by atoms with van der Waals surface area (Å²) in [5, 5.41) is 3.57. The van der Waals surface area contributed by atoms with Gasteiger partial charge in [-0.1, -0.05) is 54.8 Å². The van der Waals surface area contributed by atoms with E-state index in [1.165, 1.54) is 11.6 Å². The molecule has 0 saturated heterocycles. The first-order valence-corrected chi connectivity index (χ1v) is 12.3. The molecule has 0 radical (unpaired) electrons. The maximum Gasteiger partial charge on any atom is 0.325 e. The van der Waals surface area contributed by atoms with Gasteiger partial charge in [0.05, 0.1) is 6.16 Å². The zero-order valence-electron chi connectivity index (χ0n) is 16.6. The molecule has 0 heterocycles. The SMILES string of the molecule is O=P(O)(O)CCCNCc1cc(Cl)c(CCCCCCc2ccccc2)cc1F. The minimum Gasteiger partial charge on any atom is -0.324 e. The lowest BCUT2D eigenvalue weighted by atomic mass is 10.0. The molecule has 0 fully saturated rings. The largest absolute Gasteiger partial charge is 0.325 e. The number of hydrogen-bond acceptors (Lipinski definition) is 2. The van der Waals surface area contributed by atoms with Gasteiger partial charge in [0.15, 0.2) is 0 Å². The number of halogens is 2. The summed E-state index contributed by atoms with van der Waals surface area (Å²) in [5.41, 5.74) is 2.67. The molecule has 3 N–H and O–H groups in total. The Hall–Kier alpha value is -1.23. The molecule has 0 aromatic heterocycles. The van der Waals surface area contributed by atoms with E-state index in [2.05, 4.69) is 29.6 Å². The number of benzene rings is 2. The van der Waals surface area contributed by atoms with Crippen LogP contribution in [0.25, 0.3) is 0 Å². The molecule has 2 aromatic rings. The normalized spacial score (nSPS) is 11.7. The minimum atomic E-state index is -3.97. The topological polar surface area (TPSA) is 69.6 Å². The molecule has 7 heteroatoms. The molecule has 0 aliphatic heterocycles. The Bertz CT molecular complexity index is 798. The highest BCUT2D eigenvalue weighted by Crippen LogP contribution is 2.34. The van der Waals surface area contributed by atoms with E-state index in [1.807, 2.05) is 6.07 Å². The fraction of sp³-hybridized carbons (Fsp3) is 0.455. The average molecular weight is 442 g/mol. The smallest absolute Gasteiger partial charge is 0.324 e. The van der Waals surface area contributed by atoms with Crippen LogP contribution in [0.5, 0.6) is 0 Å².